The first-order chi connectivity index (χ1) is 28.8. The van der Waals surface area contributed by atoms with Crippen molar-refractivity contribution in [3.05, 3.63) is 70.9 Å². The number of piperidine rings is 1. The highest BCUT2D eigenvalue weighted by molar-refractivity contribution is 5.96. The summed E-state index contributed by atoms with van der Waals surface area (Å²) in [5.41, 5.74) is -3.15. The fourth-order valence-corrected chi connectivity index (χ4v) is 13.4. The molecule has 3 fully saturated rings. The first kappa shape index (κ1) is 40.6. The second kappa shape index (κ2) is 14.1. The van der Waals surface area contributed by atoms with Gasteiger partial charge in [0.1, 0.15) is 11.2 Å². The third kappa shape index (κ3) is 5.19. The molecule has 14 nitrogen and oxygen atoms in total. The third-order valence-electron chi connectivity index (χ3n) is 15.5. The van der Waals surface area contributed by atoms with E-state index in [0.29, 0.717) is 99.5 Å². The molecule has 1 saturated carbocycles. The minimum Gasteiger partial charge on any atom is -0.496 e. The van der Waals surface area contributed by atoms with Crippen LogP contribution in [-0.4, -0.2) is 133 Å². The maximum Gasteiger partial charge on any atom is 0.344 e. The highest BCUT2D eigenvalue weighted by Crippen LogP contribution is 2.68. The number of ether oxygens (including phenoxy) is 4. The van der Waals surface area contributed by atoms with Gasteiger partial charge in [-0.15, -0.1) is 0 Å². The van der Waals surface area contributed by atoms with Crippen LogP contribution in [0.4, 0.5) is 5.69 Å². The number of methoxy groups -OCH3 is 3. The van der Waals surface area contributed by atoms with Crippen LogP contribution < -0.4 is 9.64 Å². The van der Waals surface area contributed by atoms with E-state index in [0.717, 1.165) is 16.5 Å². The van der Waals surface area contributed by atoms with Crippen molar-refractivity contribution in [2.75, 3.05) is 59.0 Å². The zero-order valence-electron chi connectivity index (χ0n) is 35.3. The lowest BCUT2D eigenvalue weighted by atomic mass is 9.47. The standard InChI is InChI=1S/C46H56N4O10/c1-7-42(55)22-28-23-45(40(53)58-5,36-30(14-18-48(24-28)25-42)29-12-9-10-13-33(29)47-36)32-20-31-34(21-35(32)57-4)50(26-51)38-44(31)16-19-49-17-11-15-43(8-2,37(44)49)39(60-27(3)52)46(38,56)41(54)59-6/h9-13,15,20-21,26,28,37-39,47,55-56H,7-8,14,16-19,22-25H2,1-6H3/t28-,37+,38+,39+,42-,43+,44+,45-,46-/m0/s1. The number of aliphatic hydroxyl groups is 2. The van der Waals surface area contributed by atoms with Crippen LogP contribution in [0, 0.1) is 11.3 Å². The van der Waals surface area contributed by atoms with Crippen molar-refractivity contribution in [3.63, 3.8) is 0 Å². The fourth-order valence-electron chi connectivity index (χ4n) is 13.4. The second-order valence-electron chi connectivity index (χ2n) is 18.1. The molecule has 5 aliphatic heterocycles. The van der Waals surface area contributed by atoms with Gasteiger partial charge in [0.25, 0.3) is 0 Å². The summed E-state index contributed by atoms with van der Waals surface area (Å²) in [6, 6.07) is 9.97. The Morgan fingerprint density at radius 3 is 2.42 bits per heavy atom. The molecule has 3 N–H and O–H groups in total. The number of hydrogen-bond donors (Lipinski definition) is 3. The second-order valence-corrected chi connectivity index (χ2v) is 18.1. The molecule has 1 aromatic heterocycles. The van der Waals surface area contributed by atoms with E-state index in [1.165, 1.54) is 33.2 Å². The van der Waals surface area contributed by atoms with Gasteiger partial charge in [0.15, 0.2) is 6.10 Å². The number of fused-ring (bicyclic) bond motifs is 6. The van der Waals surface area contributed by atoms with E-state index >= 15 is 4.79 Å². The summed E-state index contributed by atoms with van der Waals surface area (Å²) in [5, 5.41) is 26.3. The number of H-pyrrole nitrogens is 1. The van der Waals surface area contributed by atoms with Crippen LogP contribution in [0.15, 0.2) is 48.6 Å². The van der Waals surface area contributed by atoms with Crippen molar-refractivity contribution < 1.29 is 48.3 Å². The normalized spacial score (nSPS) is 36.5. The molecule has 9 rings (SSSR count). The number of hydrogen-bond acceptors (Lipinski definition) is 12. The summed E-state index contributed by atoms with van der Waals surface area (Å²) >= 11 is 0. The van der Waals surface area contributed by atoms with Crippen LogP contribution in [0.5, 0.6) is 5.75 Å². The number of anilines is 1. The van der Waals surface area contributed by atoms with E-state index < -0.39 is 63.5 Å². The summed E-state index contributed by atoms with van der Waals surface area (Å²) in [4.78, 5) is 66.1. The van der Waals surface area contributed by atoms with Gasteiger partial charge in [-0.3, -0.25) is 24.2 Å². The first-order valence-corrected chi connectivity index (χ1v) is 21.3. The molecule has 6 aliphatic rings. The van der Waals surface area contributed by atoms with Gasteiger partial charge < -0.3 is 39.0 Å². The molecule has 1 spiro atoms. The zero-order valence-corrected chi connectivity index (χ0v) is 35.3. The van der Waals surface area contributed by atoms with E-state index in [2.05, 4.69) is 20.9 Å². The SMILES string of the molecule is CC[C@]1(O)C[C@@H]2CN(CCc3c([nH]c4ccccc34)[C@@](C(=O)OC)(c3cc4c(cc3OC)N(C=O)[C@H]3[C@@](O)(C(=O)OC)[C@H](OC(C)=O)[C@]5(CC)C=CCN6CC[C@]43[C@H]65)C2)C1. The van der Waals surface area contributed by atoms with Crippen molar-refractivity contribution in [3.8, 4) is 5.75 Å². The van der Waals surface area contributed by atoms with Crippen molar-refractivity contribution in [2.45, 2.75) is 99.5 Å². The van der Waals surface area contributed by atoms with Crippen LogP contribution in [0.1, 0.15) is 75.3 Å². The van der Waals surface area contributed by atoms with Crippen LogP contribution in [-0.2, 0) is 50.6 Å². The Balaban J connectivity index is 1.38. The van der Waals surface area contributed by atoms with E-state index in [9.17, 15) is 24.6 Å². The van der Waals surface area contributed by atoms with Crippen LogP contribution in [0.3, 0.4) is 0 Å². The maximum atomic E-state index is 15.3. The molecule has 2 saturated heterocycles. The van der Waals surface area contributed by atoms with Gasteiger partial charge in [-0.05, 0) is 74.2 Å². The molecule has 2 bridgehead atoms. The smallest absolute Gasteiger partial charge is 0.344 e. The quantitative estimate of drug-likeness (QED) is 0.131. The lowest BCUT2D eigenvalue weighted by molar-refractivity contribution is -0.228. The Bertz CT molecular complexity index is 2310. The van der Waals surface area contributed by atoms with Crippen molar-refractivity contribution in [1.82, 2.24) is 14.8 Å². The summed E-state index contributed by atoms with van der Waals surface area (Å²) in [6.07, 6.45) is 5.83. The number of aromatic nitrogens is 1. The number of carbonyl (C=O) groups excluding carboxylic acids is 4. The Morgan fingerprint density at radius 2 is 1.73 bits per heavy atom. The minimum absolute atomic E-state index is 0.155. The monoisotopic (exact) mass is 824 g/mol. The molecule has 320 valence electrons. The topological polar surface area (TPSA) is 171 Å². The molecule has 14 heteroatoms. The lowest BCUT2D eigenvalue weighted by Gasteiger charge is -2.63. The summed E-state index contributed by atoms with van der Waals surface area (Å²) in [7, 11) is 4.09. The van der Waals surface area contributed by atoms with E-state index in [4.69, 9.17) is 18.9 Å². The third-order valence-corrected chi connectivity index (χ3v) is 15.5. The van der Waals surface area contributed by atoms with Crippen molar-refractivity contribution >= 4 is 40.9 Å². The van der Waals surface area contributed by atoms with E-state index in [1.807, 2.05) is 50.3 Å². The van der Waals surface area contributed by atoms with Gasteiger partial charge in [-0.25, -0.2) is 4.79 Å². The first-order valence-electron chi connectivity index (χ1n) is 21.3. The largest absolute Gasteiger partial charge is 0.496 e. The maximum absolute atomic E-state index is 15.3. The average Bonchev–Trinajstić information content (AvgIpc) is 3.92. The molecule has 0 radical (unpaired) electrons. The van der Waals surface area contributed by atoms with Gasteiger partial charge in [0.2, 0.25) is 12.0 Å². The minimum atomic E-state index is -2.53. The number of carbonyl (C=O) groups is 4. The summed E-state index contributed by atoms with van der Waals surface area (Å²) in [5.74, 6) is -2.06. The molecule has 1 aliphatic carbocycles. The number of para-hydroxylation sites is 1. The van der Waals surface area contributed by atoms with Crippen LogP contribution in [0.2, 0.25) is 0 Å². The van der Waals surface area contributed by atoms with Crippen molar-refractivity contribution in [2.24, 2.45) is 11.3 Å². The molecular formula is C46H56N4O10. The van der Waals surface area contributed by atoms with Crippen LogP contribution in [0.25, 0.3) is 10.9 Å². The number of benzene rings is 2. The number of rotatable bonds is 8. The molecule has 2 aromatic carbocycles. The zero-order chi connectivity index (χ0) is 42.6. The fraction of sp³-hybridized carbons (Fsp3) is 0.565. The van der Waals surface area contributed by atoms with Gasteiger partial charge in [0, 0.05) is 78.2 Å². The number of nitrogens with one attached hydrogen (secondary N) is 1. The predicted octanol–water partition coefficient (Wildman–Crippen LogP) is 3.52. The van der Waals surface area contributed by atoms with Gasteiger partial charge in [0.05, 0.1) is 38.7 Å². The molecular weight excluding hydrogens is 769 g/mol. The van der Waals surface area contributed by atoms with Gasteiger partial charge in [-0.1, -0.05) is 44.2 Å². The Kier molecular flexibility index (Phi) is 9.58. The highest BCUT2D eigenvalue weighted by atomic mass is 16.6. The molecule has 1 amide bonds. The summed E-state index contributed by atoms with van der Waals surface area (Å²) in [6.45, 7) is 8.16. The number of amides is 1. The number of nitrogens with zero attached hydrogens (tertiary/aromatic N) is 3. The molecule has 6 heterocycles. The molecule has 10 atom stereocenters. The van der Waals surface area contributed by atoms with Crippen molar-refractivity contribution in [1.29, 1.82) is 0 Å². The van der Waals surface area contributed by atoms with Gasteiger partial charge >= 0.3 is 17.9 Å². The van der Waals surface area contributed by atoms with E-state index in [-0.39, 0.29) is 12.3 Å². The highest BCUT2D eigenvalue weighted by Gasteiger charge is 2.81. The Hall–Kier alpha value is -4.76. The van der Waals surface area contributed by atoms with Crippen LogP contribution >= 0.6 is 0 Å². The molecule has 3 aromatic rings. The predicted molar refractivity (Wildman–Crippen MR) is 221 cm³/mol. The van der Waals surface area contributed by atoms with E-state index in [1.54, 1.807) is 6.07 Å². The summed E-state index contributed by atoms with van der Waals surface area (Å²) < 4.78 is 23.7. The lowest BCUT2D eigenvalue weighted by Crippen LogP contribution is -2.81. The van der Waals surface area contributed by atoms with Gasteiger partial charge in [-0.2, -0.15) is 0 Å². The molecule has 1 unspecified atom stereocenters. The molecule has 60 heavy (non-hydrogen) atoms. The average molecular weight is 825 g/mol. The number of aromatic amines is 1. The number of esters is 3. The Morgan fingerprint density at radius 1 is 0.967 bits per heavy atom. The Labute approximate surface area is 349 Å².